The van der Waals surface area contributed by atoms with Gasteiger partial charge in [0.2, 0.25) is 0 Å². The van der Waals surface area contributed by atoms with Crippen LogP contribution in [0.2, 0.25) is 0 Å². The van der Waals surface area contributed by atoms with Gasteiger partial charge in [-0.2, -0.15) is 13.2 Å². The summed E-state index contributed by atoms with van der Waals surface area (Å²) in [6, 6.07) is 8.20. The minimum absolute atomic E-state index is 0.0314. The largest absolute Gasteiger partial charge is 0.389 e. The van der Waals surface area contributed by atoms with Gasteiger partial charge in [0.05, 0.1) is 0 Å². The highest BCUT2D eigenvalue weighted by Crippen LogP contribution is 2.36. The van der Waals surface area contributed by atoms with Crippen molar-refractivity contribution in [3.8, 4) is 0 Å². The van der Waals surface area contributed by atoms with Crippen LogP contribution in [-0.2, 0) is 0 Å². The Morgan fingerprint density at radius 2 is 1.84 bits per heavy atom. The van der Waals surface area contributed by atoms with Crippen LogP contribution in [0, 0.1) is 0 Å². The number of benzene rings is 1. The number of halogens is 3. The number of rotatable bonds is 5. The van der Waals surface area contributed by atoms with Gasteiger partial charge in [0.25, 0.3) is 0 Å². The van der Waals surface area contributed by atoms with Crippen LogP contribution in [0.4, 0.5) is 13.2 Å². The Labute approximate surface area is 111 Å². The average molecular weight is 272 g/mol. The number of fused-ring (bicyclic) bond motifs is 1. The van der Waals surface area contributed by atoms with Gasteiger partial charge in [-0.25, -0.2) is 0 Å². The van der Waals surface area contributed by atoms with Crippen molar-refractivity contribution in [3.05, 3.63) is 35.4 Å². The zero-order valence-corrected chi connectivity index (χ0v) is 10.7. The van der Waals surface area contributed by atoms with E-state index >= 15 is 0 Å². The first kappa shape index (κ1) is 14.3. The molecule has 1 aliphatic carbocycles. The van der Waals surface area contributed by atoms with Crippen LogP contribution in [0.3, 0.4) is 0 Å². The monoisotopic (exact) mass is 272 g/mol. The Hall–Kier alpha value is -1.07. The van der Waals surface area contributed by atoms with E-state index in [0.717, 1.165) is 12.0 Å². The van der Waals surface area contributed by atoms with E-state index < -0.39 is 12.6 Å². The highest BCUT2D eigenvalue weighted by Gasteiger charge is 2.28. The van der Waals surface area contributed by atoms with Gasteiger partial charge in [-0.3, -0.25) is 0 Å². The predicted octanol–water partition coefficient (Wildman–Crippen LogP) is 3.45. The first-order chi connectivity index (χ1) is 8.97. The molecule has 2 rings (SSSR count). The summed E-state index contributed by atoms with van der Waals surface area (Å²) < 4.78 is 36.0. The molecule has 5 heteroatoms. The van der Waals surface area contributed by atoms with E-state index in [1.54, 1.807) is 0 Å². The number of hydrogen-bond acceptors (Lipinski definition) is 2. The molecule has 0 heterocycles. The molecule has 2 unspecified atom stereocenters. The normalized spacial score (nSPS) is 22.5. The fourth-order valence-corrected chi connectivity index (χ4v) is 2.59. The van der Waals surface area contributed by atoms with Gasteiger partial charge in [0, 0.05) is 18.5 Å². The number of nitrogens with two attached hydrogens (primary N) is 1. The molecule has 106 valence electrons. The molecule has 1 aromatic rings. The summed E-state index contributed by atoms with van der Waals surface area (Å²) in [5.74, 6) is 0. The molecule has 0 saturated heterocycles. The molecule has 2 nitrogen and oxygen atoms in total. The molecule has 0 saturated carbocycles. The number of nitrogens with one attached hydrogen (secondary N) is 1. The standard InChI is InChI=1S/C14H19F3N2/c15-14(16,17)7-3-4-8-19-13-9-12(18)10-5-1-2-6-11(10)13/h1-2,5-6,12-13,19H,3-4,7-9,18H2. The third kappa shape index (κ3) is 3.94. The molecule has 1 aromatic carbocycles. The van der Waals surface area contributed by atoms with E-state index in [0.29, 0.717) is 13.0 Å². The number of unbranched alkanes of at least 4 members (excludes halogenated alkanes) is 1. The van der Waals surface area contributed by atoms with Crippen molar-refractivity contribution in [1.29, 1.82) is 0 Å². The maximum absolute atomic E-state index is 12.0. The van der Waals surface area contributed by atoms with Gasteiger partial charge in [-0.05, 0) is 36.9 Å². The summed E-state index contributed by atoms with van der Waals surface area (Å²) in [7, 11) is 0. The second-order valence-electron chi connectivity index (χ2n) is 5.05. The first-order valence-electron chi connectivity index (χ1n) is 6.62. The van der Waals surface area contributed by atoms with Crippen molar-refractivity contribution >= 4 is 0 Å². The summed E-state index contributed by atoms with van der Waals surface area (Å²) in [5, 5.41) is 3.31. The summed E-state index contributed by atoms with van der Waals surface area (Å²) >= 11 is 0. The van der Waals surface area contributed by atoms with Gasteiger partial charge in [0.1, 0.15) is 0 Å². The van der Waals surface area contributed by atoms with Crippen LogP contribution in [-0.4, -0.2) is 12.7 Å². The first-order valence-corrected chi connectivity index (χ1v) is 6.62. The maximum Gasteiger partial charge on any atom is 0.389 e. The summed E-state index contributed by atoms with van der Waals surface area (Å²) in [6.07, 6.45) is -3.21. The fourth-order valence-electron chi connectivity index (χ4n) is 2.59. The van der Waals surface area contributed by atoms with Crippen LogP contribution in [0.5, 0.6) is 0 Å². The molecule has 0 aliphatic heterocycles. The molecule has 0 amide bonds. The van der Waals surface area contributed by atoms with Crippen molar-refractivity contribution in [2.24, 2.45) is 5.73 Å². The van der Waals surface area contributed by atoms with Crippen molar-refractivity contribution < 1.29 is 13.2 Å². The molecule has 19 heavy (non-hydrogen) atoms. The Morgan fingerprint density at radius 1 is 1.16 bits per heavy atom. The third-order valence-corrected chi connectivity index (χ3v) is 3.54. The summed E-state index contributed by atoms with van der Waals surface area (Å²) in [5.41, 5.74) is 8.37. The van der Waals surface area contributed by atoms with E-state index in [2.05, 4.69) is 5.32 Å². The molecule has 0 bridgehead atoms. The van der Waals surface area contributed by atoms with Crippen LogP contribution < -0.4 is 11.1 Å². The lowest BCUT2D eigenvalue weighted by atomic mass is 10.1. The summed E-state index contributed by atoms with van der Waals surface area (Å²) in [6.45, 7) is 0.599. The zero-order chi connectivity index (χ0) is 13.9. The van der Waals surface area contributed by atoms with Crippen molar-refractivity contribution in [1.82, 2.24) is 5.32 Å². The van der Waals surface area contributed by atoms with Crippen molar-refractivity contribution in [2.75, 3.05) is 6.54 Å². The van der Waals surface area contributed by atoms with Gasteiger partial charge in [-0.1, -0.05) is 24.3 Å². The quantitative estimate of drug-likeness (QED) is 0.806. The second-order valence-corrected chi connectivity index (χ2v) is 5.05. The molecule has 1 aliphatic rings. The number of hydrogen-bond donors (Lipinski definition) is 2. The fraction of sp³-hybridized carbons (Fsp3) is 0.571. The van der Waals surface area contributed by atoms with Crippen LogP contribution >= 0.6 is 0 Å². The van der Waals surface area contributed by atoms with Gasteiger partial charge in [0.15, 0.2) is 0 Å². The van der Waals surface area contributed by atoms with Crippen molar-refractivity contribution in [2.45, 2.75) is 43.9 Å². The van der Waals surface area contributed by atoms with E-state index in [-0.39, 0.29) is 18.5 Å². The molecular formula is C14H19F3N2. The SMILES string of the molecule is NC1CC(NCCCCC(F)(F)F)c2ccccc21. The van der Waals surface area contributed by atoms with Crippen LogP contribution in [0.1, 0.15) is 48.9 Å². The smallest absolute Gasteiger partial charge is 0.324 e. The third-order valence-electron chi connectivity index (χ3n) is 3.54. The molecule has 3 N–H and O–H groups in total. The Bertz CT molecular complexity index is 417. The Kier molecular flexibility index (Phi) is 4.47. The average Bonchev–Trinajstić information content (AvgIpc) is 2.65. The van der Waals surface area contributed by atoms with E-state index in [4.69, 9.17) is 5.73 Å². The highest BCUT2D eigenvalue weighted by molar-refractivity contribution is 5.37. The van der Waals surface area contributed by atoms with Gasteiger partial charge >= 0.3 is 6.18 Å². The molecular weight excluding hydrogens is 253 g/mol. The minimum atomic E-state index is -4.04. The lowest BCUT2D eigenvalue weighted by Crippen LogP contribution is -2.21. The highest BCUT2D eigenvalue weighted by atomic mass is 19.4. The molecule has 0 aromatic heterocycles. The second kappa shape index (κ2) is 5.92. The zero-order valence-electron chi connectivity index (χ0n) is 10.7. The van der Waals surface area contributed by atoms with Gasteiger partial charge in [-0.15, -0.1) is 0 Å². The van der Waals surface area contributed by atoms with Crippen molar-refractivity contribution in [3.63, 3.8) is 0 Å². The molecule has 0 fully saturated rings. The van der Waals surface area contributed by atoms with Crippen LogP contribution in [0.15, 0.2) is 24.3 Å². The Balaban J connectivity index is 1.76. The Morgan fingerprint density at radius 3 is 2.53 bits per heavy atom. The van der Waals surface area contributed by atoms with E-state index in [1.165, 1.54) is 5.56 Å². The van der Waals surface area contributed by atoms with Crippen LogP contribution in [0.25, 0.3) is 0 Å². The topological polar surface area (TPSA) is 38.0 Å². The maximum atomic E-state index is 12.0. The lowest BCUT2D eigenvalue weighted by molar-refractivity contribution is -0.135. The minimum Gasteiger partial charge on any atom is -0.324 e. The van der Waals surface area contributed by atoms with E-state index in [1.807, 2.05) is 24.3 Å². The van der Waals surface area contributed by atoms with Gasteiger partial charge < -0.3 is 11.1 Å². The molecule has 0 radical (unpaired) electrons. The lowest BCUT2D eigenvalue weighted by Gasteiger charge is -2.14. The predicted molar refractivity (Wildman–Crippen MR) is 68.6 cm³/mol. The van der Waals surface area contributed by atoms with E-state index in [9.17, 15) is 13.2 Å². The molecule has 0 spiro atoms. The number of alkyl halides is 3. The molecule has 2 atom stereocenters. The summed E-state index contributed by atoms with van der Waals surface area (Å²) in [4.78, 5) is 0.